The number of anilines is 1. The molecule has 0 aliphatic heterocycles. The second-order valence-corrected chi connectivity index (χ2v) is 6.56. The van der Waals surface area contributed by atoms with E-state index in [1.54, 1.807) is 4.90 Å². The molecule has 1 fully saturated rings. The lowest BCUT2D eigenvalue weighted by Crippen LogP contribution is -2.35. The molecule has 21 heavy (non-hydrogen) atoms. The minimum atomic E-state index is -0.0795. The topological polar surface area (TPSA) is 79.5 Å². The zero-order valence-electron chi connectivity index (χ0n) is 12.2. The van der Waals surface area contributed by atoms with Crippen LogP contribution >= 0.6 is 11.3 Å². The SMILES string of the molecule is Cc1cc(C)c2c(N)c(C(=O)N(CCO)C3CC3)sc2n1. The fourth-order valence-corrected chi connectivity index (χ4v) is 3.87. The first-order chi connectivity index (χ1) is 10.0. The number of aromatic nitrogens is 1. The third-order valence-electron chi connectivity index (χ3n) is 3.81. The molecule has 1 saturated carbocycles. The summed E-state index contributed by atoms with van der Waals surface area (Å²) < 4.78 is 0. The van der Waals surface area contributed by atoms with Crippen molar-refractivity contribution in [3.63, 3.8) is 0 Å². The number of hydrogen-bond donors (Lipinski definition) is 2. The molecular formula is C15H19N3O2S. The zero-order chi connectivity index (χ0) is 15.1. The molecule has 0 radical (unpaired) electrons. The van der Waals surface area contributed by atoms with Gasteiger partial charge in [-0.3, -0.25) is 4.79 Å². The molecule has 0 aromatic carbocycles. The molecule has 112 valence electrons. The lowest BCUT2D eigenvalue weighted by Gasteiger charge is -2.20. The van der Waals surface area contributed by atoms with Crippen LogP contribution in [0.15, 0.2) is 6.07 Å². The molecule has 0 spiro atoms. The average molecular weight is 305 g/mol. The van der Waals surface area contributed by atoms with E-state index in [0.29, 0.717) is 17.1 Å². The van der Waals surface area contributed by atoms with Crippen LogP contribution in [0.5, 0.6) is 0 Å². The number of rotatable bonds is 4. The van der Waals surface area contributed by atoms with Gasteiger partial charge in [0.05, 0.1) is 12.3 Å². The van der Waals surface area contributed by atoms with Gasteiger partial charge in [0.1, 0.15) is 9.71 Å². The number of thiophene rings is 1. The molecule has 5 nitrogen and oxygen atoms in total. The van der Waals surface area contributed by atoms with Crippen LogP contribution in [0.1, 0.15) is 33.8 Å². The number of aliphatic hydroxyl groups excluding tert-OH is 1. The lowest BCUT2D eigenvalue weighted by molar-refractivity contribution is 0.0713. The van der Waals surface area contributed by atoms with Gasteiger partial charge in [-0.15, -0.1) is 11.3 Å². The quantitative estimate of drug-likeness (QED) is 0.906. The number of pyridine rings is 1. The van der Waals surface area contributed by atoms with Gasteiger partial charge in [-0.25, -0.2) is 4.98 Å². The third kappa shape index (κ3) is 2.49. The molecule has 2 aromatic heterocycles. The highest BCUT2D eigenvalue weighted by Crippen LogP contribution is 2.37. The first-order valence-electron chi connectivity index (χ1n) is 7.11. The Morgan fingerprint density at radius 1 is 1.52 bits per heavy atom. The number of aryl methyl sites for hydroxylation is 2. The third-order valence-corrected chi connectivity index (χ3v) is 4.90. The molecular weight excluding hydrogens is 286 g/mol. The van der Waals surface area contributed by atoms with Gasteiger partial charge < -0.3 is 15.7 Å². The Morgan fingerprint density at radius 2 is 2.24 bits per heavy atom. The van der Waals surface area contributed by atoms with Gasteiger partial charge in [-0.1, -0.05) is 0 Å². The summed E-state index contributed by atoms with van der Waals surface area (Å²) in [4.78, 5) is 20.3. The Bertz CT molecular complexity index is 706. The molecule has 3 N–H and O–H groups in total. The molecule has 1 aliphatic carbocycles. The molecule has 2 heterocycles. The first-order valence-corrected chi connectivity index (χ1v) is 7.92. The van der Waals surface area contributed by atoms with Crippen molar-refractivity contribution in [2.45, 2.75) is 32.7 Å². The minimum absolute atomic E-state index is 0.0244. The van der Waals surface area contributed by atoms with E-state index in [4.69, 9.17) is 10.8 Å². The van der Waals surface area contributed by atoms with Crippen LogP contribution in [0.3, 0.4) is 0 Å². The van der Waals surface area contributed by atoms with Crippen molar-refractivity contribution in [1.82, 2.24) is 9.88 Å². The summed E-state index contributed by atoms with van der Waals surface area (Å²) in [6.45, 7) is 4.26. The van der Waals surface area contributed by atoms with E-state index >= 15 is 0 Å². The lowest BCUT2D eigenvalue weighted by atomic mass is 10.1. The Labute approximate surface area is 127 Å². The van der Waals surface area contributed by atoms with Crippen molar-refractivity contribution in [1.29, 1.82) is 0 Å². The maximum Gasteiger partial charge on any atom is 0.266 e. The highest BCUT2D eigenvalue weighted by Gasteiger charge is 2.34. The standard InChI is InChI=1S/C15H19N3O2S/c1-8-7-9(2)17-14-11(8)12(16)13(21-14)15(20)18(5-6-19)10-3-4-10/h7,10,19H,3-6,16H2,1-2H3. The van der Waals surface area contributed by atoms with Crippen LogP contribution in [-0.4, -0.2) is 40.1 Å². The van der Waals surface area contributed by atoms with E-state index in [-0.39, 0.29) is 18.6 Å². The number of hydrogen-bond acceptors (Lipinski definition) is 5. The van der Waals surface area contributed by atoms with E-state index < -0.39 is 0 Å². The summed E-state index contributed by atoms with van der Waals surface area (Å²) in [5.74, 6) is -0.0795. The van der Waals surface area contributed by atoms with E-state index in [0.717, 1.165) is 34.3 Å². The van der Waals surface area contributed by atoms with Crippen LogP contribution in [0, 0.1) is 13.8 Å². The molecule has 1 aliphatic rings. The summed E-state index contributed by atoms with van der Waals surface area (Å²) in [6, 6.07) is 2.23. The number of carbonyl (C=O) groups is 1. The largest absolute Gasteiger partial charge is 0.397 e. The van der Waals surface area contributed by atoms with Gasteiger partial charge in [0.2, 0.25) is 0 Å². The van der Waals surface area contributed by atoms with Gasteiger partial charge in [0, 0.05) is 23.7 Å². The second kappa shape index (κ2) is 5.27. The van der Waals surface area contributed by atoms with Crippen molar-refractivity contribution in [3.8, 4) is 0 Å². The normalized spacial score (nSPS) is 14.6. The summed E-state index contributed by atoms with van der Waals surface area (Å²) in [5.41, 5.74) is 8.70. The number of nitrogens with two attached hydrogens (primary N) is 1. The maximum atomic E-state index is 12.7. The van der Waals surface area contributed by atoms with E-state index in [2.05, 4.69) is 4.98 Å². The number of aliphatic hydroxyl groups is 1. The highest BCUT2D eigenvalue weighted by atomic mass is 32.1. The number of fused-ring (bicyclic) bond motifs is 1. The van der Waals surface area contributed by atoms with Crippen LogP contribution in [0.4, 0.5) is 5.69 Å². The number of carbonyl (C=O) groups excluding carboxylic acids is 1. The Kier molecular flexibility index (Phi) is 3.59. The number of nitrogen functional groups attached to an aromatic ring is 1. The molecule has 0 saturated heterocycles. The van der Waals surface area contributed by atoms with Crippen molar-refractivity contribution in [2.24, 2.45) is 0 Å². The smallest absolute Gasteiger partial charge is 0.266 e. The van der Waals surface area contributed by atoms with Gasteiger partial charge in [0.15, 0.2) is 0 Å². The van der Waals surface area contributed by atoms with Crippen molar-refractivity contribution >= 4 is 33.1 Å². The minimum Gasteiger partial charge on any atom is -0.397 e. The van der Waals surface area contributed by atoms with Gasteiger partial charge >= 0.3 is 0 Å². The summed E-state index contributed by atoms with van der Waals surface area (Å²) in [6.07, 6.45) is 2.01. The Morgan fingerprint density at radius 3 is 2.86 bits per heavy atom. The fourth-order valence-electron chi connectivity index (χ4n) is 2.70. The average Bonchev–Trinajstić information content (AvgIpc) is 3.19. The van der Waals surface area contributed by atoms with Crippen LogP contribution in [0.2, 0.25) is 0 Å². The summed E-state index contributed by atoms with van der Waals surface area (Å²) >= 11 is 1.35. The summed E-state index contributed by atoms with van der Waals surface area (Å²) in [5, 5.41) is 10.0. The zero-order valence-corrected chi connectivity index (χ0v) is 13.0. The maximum absolute atomic E-state index is 12.7. The van der Waals surface area contributed by atoms with Crippen molar-refractivity contribution in [3.05, 3.63) is 22.2 Å². The predicted molar refractivity (Wildman–Crippen MR) is 84.7 cm³/mol. The Balaban J connectivity index is 2.05. The van der Waals surface area contributed by atoms with E-state index in [1.165, 1.54) is 11.3 Å². The van der Waals surface area contributed by atoms with E-state index in [9.17, 15) is 4.79 Å². The van der Waals surface area contributed by atoms with Gasteiger partial charge in [-0.05, 0) is 38.3 Å². The second-order valence-electron chi connectivity index (χ2n) is 5.56. The molecule has 1 amide bonds. The number of amides is 1. The van der Waals surface area contributed by atoms with Crippen LogP contribution < -0.4 is 5.73 Å². The van der Waals surface area contributed by atoms with Crippen LogP contribution in [0.25, 0.3) is 10.2 Å². The van der Waals surface area contributed by atoms with Crippen molar-refractivity contribution < 1.29 is 9.90 Å². The van der Waals surface area contributed by atoms with Gasteiger partial charge in [-0.2, -0.15) is 0 Å². The monoisotopic (exact) mass is 305 g/mol. The summed E-state index contributed by atoms with van der Waals surface area (Å²) in [7, 11) is 0. The predicted octanol–water partition coefficient (Wildman–Crippen LogP) is 2.09. The van der Waals surface area contributed by atoms with Crippen LogP contribution in [-0.2, 0) is 0 Å². The molecule has 3 rings (SSSR count). The van der Waals surface area contributed by atoms with Crippen molar-refractivity contribution in [2.75, 3.05) is 18.9 Å². The first kappa shape index (κ1) is 14.3. The van der Waals surface area contributed by atoms with E-state index in [1.807, 2.05) is 19.9 Å². The molecule has 0 atom stereocenters. The molecule has 0 bridgehead atoms. The Hall–Kier alpha value is -1.66. The highest BCUT2D eigenvalue weighted by molar-refractivity contribution is 7.21. The molecule has 6 heteroatoms. The van der Waals surface area contributed by atoms with Gasteiger partial charge in [0.25, 0.3) is 5.91 Å². The number of nitrogens with zero attached hydrogens (tertiary/aromatic N) is 2. The molecule has 0 unspecified atom stereocenters. The fraction of sp³-hybridized carbons (Fsp3) is 0.467. The molecule has 2 aromatic rings.